The van der Waals surface area contributed by atoms with Gasteiger partial charge in [-0.3, -0.25) is 0 Å². The van der Waals surface area contributed by atoms with Crippen molar-refractivity contribution in [2.45, 2.75) is 59.0 Å². The molecule has 0 atom stereocenters. The number of hydrogen-bond acceptors (Lipinski definition) is 2. The second-order valence-electron chi connectivity index (χ2n) is 6.93. The van der Waals surface area contributed by atoms with E-state index in [0.717, 1.165) is 5.56 Å². The van der Waals surface area contributed by atoms with Gasteiger partial charge in [-0.05, 0) is 23.0 Å². The van der Waals surface area contributed by atoms with Crippen LogP contribution in [0.3, 0.4) is 0 Å². The van der Waals surface area contributed by atoms with Crippen molar-refractivity contribution in [2.75, 3.05) is 7.11 Å². The van der Waals surface area contributed by atoms with E-state index in [0.29, 0.717) is 11.3 Å². The summed E-state index contributed by atoms with van der Waals surface area (Å²) in [6.07, 6.45) is 0. The summed E-state index contributed by atoms with van der Waals surface area (Å²) in [6.45, 7) is 9.05. The van der Waals surface area contributed by atoms with Crippen LogP contribution in [0.4, 0.5) is 8.78 Å². The van der Waals surface area contributed by atoms with Gasteiger partial charge in [0.05, 0.1) is 7.11 Å². The van der Waals surface area contributed by atoms with E-state index >= 15 is 0 Å². The molecule has 0 aliphatic heterocycles. The van der Waals surface area contributed by atoms with Crippen LogP contribution in [0.25, 0.3) is 0 Å². The number of ether oxygens (including phenoxy) is 2. The van der Waals surface area contributed by atoms with Crippen molar-refractivity contribution in [1.29, 1.82) is 0 Å². The topological polar surface area (TPSA) is 18.5 Å². The lowest BCUT2D eigenvalue weighted by Crippen LogP contribution is -2.19. The fourth-order valence-corrected chi connectivity index (χ4v) is 2.09. The van der Waals surface area contributed by atoms with Gasteiger partial charge in [0.2, 0.25) is 0 Å². The number of halogens is 2. The molecule has 20 heavy (non-hydrogen) atoms. The Labute approximate surface area is 120 Å². The maximum Gasteiger partial charge on any atom is 0.387 e. The predicted molar refractivity (Wildman–Crippen MR) is 77.0 cm³/mol. The Morgan fingerprint density at radius 1 is 0.850 bits per heavy atom. The zero-order valence-corrected chi connectivity index (χ0v) is 13.3. The Kier molecular flexibility index (Phi) is 4.67. The number of rotatable bonds is 3. The zero-order valence-electron chi connectivity index (χ0n) is 13.3. The highest BCUT2D eigenvalue weighted by atomic mass is 19.3. The molecule has 0 amide bonds. The van der Waals surface area contributed by atoms with Crippen molar-refractivity contribution in [3.8, 4) is 11.5 Å². The molecule has 0 unspecified atom stereocenters. The molecule has 0 fully saturated rings. The summed E-state index contributed by atoms with van der Waals surface area (Å²) in [5.41, 5.74) is 1.03. The van der Waals surface area contributed by atoms with E-state index in [1.807, 2.05) is 41.5 Å². The molecule has 0 aliphatic carbocycles. The maximum absolute atomic E-state index is 12.6. The van der Waals surface area contributed by atoms with Crippen molar-refractivity contribution < 1.29 is 18.3 Å². The fourth-order valence-electron chi connectivity index (χ4n) is 2.09. The van der Waals surface area contributed by atoms with Crippen LogP contribution in [0.1, 0.15) is 52.7 Å². The van der Waals surface area contributed by atoms with Crippen LogP contribution in [0.2, 0.25) is 0 Å². The van der Waals surface area contributed by atoms with E-state index < -0.39 is 6.61 Å². The average Bonchev–Trinajstić information content (AvgIpc) is 2.24. The van der Waals surface area contributed by atoms with E-state index in [-0.39, 0.29) is 16.6 Å². The lowest BCUT2D eigenvalue weighted by atomic mass is 9.81. The Morgan fingerprint density at radius 2 is 1.25 bits per heavy atom. The molecule has 0 N–H and O–H groups in total. The van der Waals surface area contributed by atoms with Crippen molar-refractivity contribution in [3.63, 3.8) is 0 Å². The average molecular weight is 286 g/mol. The highest BCUT2D eigenvalue weighted by Gasteiger charge is 2.27. The molecule has 114 valence electrons. The Hall–Kier alpha value is -1.32. The lowest BCUT2D eigenvalue weighted by Gasteiger charge is -2.28. The Morgan fingerprint density at radius 3 is 1.60 bits per heavy atom. The predicted octanol–water partition coefficient (Wildman–Crippen LogP) is 4.89. The minimum Gasteiger partial charge on any atom is -0.496 e. The molecule has 1 aromatic carbocycles. The third-order valence-electron chi connectivity index (χ3n) is 3.13. The van der Waals surface area contributed by atoms with Gasteiger partial charge >= 0.3 is 6.61 Å². The smallest absolute Gasteiger partial charge is 0.387 e. The van der Waals surface area contributed by atoms with Gasteiger partial charge in [0.25, 0.3) is 0 Å². The van der Waals surface area contributed by atoms with Gasteiger partial charge in [0, 0.05) is 11.1 Å². The van der Waals surface area contributed by atoms with Crippen molar-refractivity contribution >= 4 is 0 Å². The van der Waals surface area contributed by atoms with E-state index in [9.17, 15) is 8.78 Å². The Bertz CT molecular complexity index is 469. The van der Waals surface area contributed by atoms with Crippen LogP contribution in [-0.4, -0.2) is 13.7 Å². The summed E-state index contributed by atoms with van der Waals surface area (Å²) in [4.78, 5) is 0. The van der Waals surface area contributed by atoms with Crippen molar-refractivity contribution in [3.05, 3.63) is 23.3 Å². The molecule has 1 rings (SSSR count). The molecular formula is C16H24F2O2. The van der Waals surface area contributed by atoms with Gasteiger partial charge in [0.1, 0.15) is 11.5 Å². The molecule has 0 saturated carbocycles. The second kappa shape index (κ2) is 5.58. The van der Waals surface area contributed by atoms with Gasteiger partial charge in [-0.25, -0.2) is 0 Å². The molecular weight excluding hydrogens is 262 g/mol. The third kappa shape index (κ3) is 3.84. The standard InChI is InChI=1S/C16H24F2O2/c1-15(2,3)10-9-13(20-14(17)18)11(16(4,5)6)8-12(10)19-7/h8-9,14H,1-7H3. The van der Waals surface area contributed by atoms with Crippen LogP contribution in [-0.2, 0) is 10.8 Å². The first-order chi connectivity index (χ1) is 8.96. The summed E-state index contributed by atoms with van der Waals surface area (Å²) < 4.78 is 35.4. The van der Waals surface area contributed by atoms with Gasteiger partial charge in [-0.15, -0.1) is 0 Å². The van der Waals surface area contributed by atoms with E-state index in [1.54, 1.807) is 19.2 Å². The molecule has 0 aliphatic rings. The molecule has 0 saturated heterocycles. The fraction of sp³-hybridized carbons (Fsp3) is 0.625. The molecule has 2 nitrogen and oxygen atoms in total. The number of methoxy groups -OCH3 is 1. The molecule has 0 radical (unpaired) electrons. The van der Waals surface area contributed by atoms with Gasteiger partial charge in [0.15, 0.2) is 0 Å². The number of alkyl halides is 2. The zero-order chi connectivity index (χ0) is 15.7. The molecule has 0 heterocycles. The maximum atomic E-state index is 12.6. The van der Waals surface area contributed by atoms with Crippen molar-refractivity contribution in [2.24, 2.45) is 0 Å². The minimum absolute atomic E-state index is 0.220. The second-order valence-corrected chi connectivity index (χ2v) is 6.93. The van der Waals surface area contributed by atoms with Gasteiger partial charge in [-0.1, -0.05) is 41.5 Å². The van der Waals surface area contributed by atoms with Crippen LogP contribution in [0.5, 0.6) is 11.5 Å². The van der Waals surface area contributed by atoms with Crippen LogP contribution in [0.15, 0.2) is 12.1 Å². The third-order valence-corrected chi connectivity index (χ3v) is 3.13. The van der Waals surface area contributed by atoms with Gasteiger partial charge in [-0.2, -0.15) is 8.78 Å². The molecule has 0 aromatic heterocycles. The van der Waals surface area contributed by atoms with E-state index in [1.165, 1.54) is 0 Å². The lowest BCUT2D eigenvalue weighted by molar-refractivity contribution is -0.0509. The number of benzene rings is 1. The molecule has 1 aromatic rings. The first kappa shape index (κ1) is 16.7. The minimum atomic E-state index is -2.84. The van der Waals surface area contributed by atoms with E-state index in [4.69, 9.17) is 9.47 Å². The van der Waals surface area contributed by atoms with Gasteiger partial charge < -0.3 is 9.47 Å². The largest absolute Gasteiger partial charge is 0.496 e. The first-order valence-corrected chi connectivity index (χ1v) is 6.64. The summed E-state index contributed by atoms with van der Waals surface area (Å²) in [7, 11) is 1.59. The summed E-state index contributed by atoms with van der Waals surface area (Å²) in [5, 5.41) is 0. The highest BCUT2D eigenvalue weighted by Crippen LogP contribution is 2.41. The summed E-state index contributed by atoms with van der Waals surface area (Å²) >= 11 is 0. The van der Waals surface area contributed by atoms with Crippen LogP contribution >= 0.6 is 0 Å². The molecule has 0 spiro atoms. The number of hydrogen-bond donors (Lipinski definition) is 0. The van der Waals surface area contributed by atoms with Crippen LogP contribution < -0.4 is 9.47 Å². The first-order valence-electron chi connectivity index (χ1n) is 6.64. The molecule has 4 heteroatoms. The Balaban J connectivity index is 3.53. The SMILES string of the molecule is COc1cc(C(C)(C)C)c(OC(F)F)cc1C(C)(C)C. The van der Waals surface area contributed by atoms with E-state index in [2.05, 4.69) is 0 Å². The molecule has 0 bridgehead atoms. The monoisotopic (exact) mass is 286 g/mol. The summed E-state index contributed by atoms with van der Waals surface area (Å²) in [5.74, 6) is 0.919. The van der Waals surface area contributed by atoms with Crippen LogP contribution in [0, 0.1) is 0 Å². The summed E-state index contributed by atoms with van der Waals surface area (Å²) in [6, 6.07) is 3.48. The quantitative estimate of drug-likeness (QED) is 0.787. The highest BCUT2D eigenvalue weighted by molar-refractivity contribution is 5.51. The van der Waals surface area contributed by atoms with Crippen molar-refractivity contribution in [1.82, 2.24) is 0 Å². The normalized spacial score (nSPS) is 12.7.